The lowest BCUT2D eigenvalue weighted by Gasteiger charge is -2.36. The zero-order valence-corrected chi connectivity index (χ0v) is 11.3. The molecule has 1 saturated heterocycles. The highest BCUT2D eigenvalue weighted by Crippen LogP contribution is 2.43. The lowest BCUT2D eigenvalue weighted by Crippen LogP contribution is -2.43. The molecule has 0 radical (unpaired) electrons. The maximum absolute atomic E-state index is 12.4. The standard InChI is InChI=1S/C15H20N2O2/c1-15(2)7-11-13(12(19)8-15)14(17-16-11)9-3-5-10(18)6-4-9/h3-6,11,13-14,16-18H,7-8H2,1-2H3. The Hall–Kier alpha value is -1.39. The number of carbonyl (C=O) groups is 1. The van der Waals surface area contributed by atoms with Gasteiger partial charge in [0, 0.05) is 12.5 Å². The molecule has 1 saturated carbocycles. The number of hydrazine groups is 1. The van der Waals surface area contributed by atoms with Gasteiger partial charge in [0.05, 0.1) is 12.0 Å². The minimum Gasteiger partial charge on any atom is -0.508 e. The van der Waals surface area contributed by atoms with Crippen LogP contribution in [0.4, 0.5) is 0 Å². The molecule has 3 unspecified atom stereocenters. The molecular formula is C15H20N2O2. The van der Waals surface area contributed by atoms with Gasteiger partial charge in [0.1, 0.15) is 11.5 Å². The predicted octanol–water partition coefficient (Wildman–Crippen LogP) is 1.91. The highest BCUT2D eigenvalue weighted by Gasteiger charge is 2.48. The number of hydrogen-bond acceptors (Lipinski definition) is 4. The third kappa shape index (κ3) is 2.26. The third-order valence-electron chi connectivity index (χ3n) is 4.27. The maximum atomic E-state index is 12.4. The molecule has 1 aliphatic heterocycles. The Morgan fingerprint density at radius 1 is 1.21 bits per heavy atom. The molecule has 3 atom stereocenters. The fraction of sp³-hybridized carbons (Fsp3) is 0.533. The average Bonchev–Trinajstić information content (AvgIpc) is 2.72. The number of benzene rings is 1. The fourth-order valence-electron chi connectivity index (χ4n) is 3.43. The summed E-state index contributed by atoms with van der Waals surface area (Å²) in [4.78, 5) is 12.4. The molecule has 1 aliphatic carbocycles. The quantitative estimate of drug-likeness (QED) is 0.722. The van der Waals surface area contributed by atoms with Crippen LogP contribution in [-0.4, -0.2) is 16.9 Å². The number of aromatic hydroxyl groups is 1. The highest BCUT2D eigenvalue weighted by atomic mass is 16.3. The number of ketones is 1. The smallest absolute Gasteiger partial charge is 0.140 e. The van der Waals surface area contributed by atoms with Crippen LogP contribution in [0, 0.1) is 11.3 Å². The number of nitrogens with one attached hydrogen (secondary N) is 2. The fourth-order valence-corrected chi connectivity index (χ4v) is 3.43. The molecule has 2 aliphatic rings. The van der Waals surface area contributed by atoms with E-state index in [-0.39, 0.29) is 29.2 Å². The van der Waals surface area contributed by atoms with Gasteiger partial charge in [-0.15, -0.1) is 0 Å². The molecule has 3 rings (SSSR count). The van der Waals surface area contributed by atoms with Crippen LogP contribution in [0.2, 0.25) is 0 Å². The van der Waals surface area contributed by atoms with Gasteiger partial charge < -0.3 is 5.11 Å². The number of phenolic OH excluding ortho intramolecular Hbond substituents is 1. The van der Waals surface area contributed by atoms with Crippen molar-refractivity contribution in [2.45, 2.75) is 38.8 Å². The first-order valence-corrected chi connectivity index (χ1v) is 6.79. The lowest BCUT2D eigenvalue weighted by molar-refractivity contribution is -0.128. The summed E-state index contributed by atoms with van der Waals surface area (Å²) in [6.45, 7) is 4.30. The highest BCUT2D eigenvalue weighted by molar-refractivity contribution is 5.84. The molecule has 0 spiro atoms. The summed E-state index contributed by atoms with van der Waals surface area (Å²) in [6.07, 6.45) is 1.65. The number of fused-ring (bicyclic) bond motifs is 1. The van der Waals surface area contributed by atoms with Crippen molar-refractivity contribution in [2.24, 2.45) is 11.3 Å². The minimum atomic E-state index is -0.00225. The molecule has 3 N–H and O–H groups in total. The summed E-state index contributed by atoms with van der Waals surface area (Å²) >= 11 is 0. The zero-order valence-electron chi connectivity index (χ0n) is 11.3. The summed E-state index contributed by atoms with van der Waals surface area (Å²) in [7, 11) is 0. The van der Waals surface area contributed by atoms with E-state index in [2.05, 4.69) is 24.7 Å². The van der Waals surface area contributed by atoms with E-state index in [9.17, 15) is 9.90 Å². The lowest BCUT2D eigenvalue weighted by atomic mass is 9.68. The summed E-state index contributed by atoms with van der Waals surface area (Å²) < 4.78 is 0. The molecule has 4 heteroatoms. The molecule has 102 valence electrons. The van der Waals surface area contributed by atoms with E-state index in [0.29, 0.717) is 12.2 Å². The van der Waals surface area contributed by atoms with E-state index in [4.69, 9.17) is 0 Å². The van der Waals surface area contributed by atoms with Crippen molar-refractivity contribution in [3.8, 4) is 5.75 Å². The van der Waals surface area contributed by atoms with E-state index in [1.54, 1.807) is 12.1 Å². The Morgan fingerprint density at radius 2 is 1.89 bits per heavy atom. The topological polar surface area (TPSA) is 61.4 Å². The molecule has 0 bridgehead atoms. The number of rotatable bonds is 1. The normalized spacial score (nSPS) is 33.2. The van der Waals surface area contributed by atoms with Crippen molar-refractivity contribution in [1.82, 2.24) is 10.9 Å². The maximum Gasteiger partial charge on any atom is 0.140 e. The second kappa shape index (κ2) is 4.32. The van der Waals surface area contributed by atoms with Crippen molar-refractivity contribution < 1.29 is 9.90 Å². The Labute approximate surface area is 113 Å². The van der Waals surface area contributed by atoms with Gasteiger partial charge in [-0.1, -0.05) is 26.0 Å². The van der Waals surface area contributed by atoms with Gasteiger partial charge in [0.15, 0.2) is 0 Å². The van der Waals surface area contributed by atoms with Crippen LogP contribution in [0.15, 0.2) is 24.3 Å². The third-order valence-corrected chi connectivity index (χ3v) is 4.27. The number of phenols is 1. The van der Waals surface area contributed by atoms with Gasteiger partial charge in [-0.2, -0.15) is 0 Å². The second-order valence-corrected chi connectivity index (χ2v) is 6.50. The summed E-state index contributed by atoms with van der Waals surface area (Å²) in [5, 5.41) is 9.35. The van der Waals surface area contributed by atoms with Gasteiger partial charge in [-0.3, -0.25) is 10.2 Å². The number of Topliss-reactive ketones (excluding diaryl/α,β-unsaturated/α-hetero) is 1. The zero-order chi connectivity index (χ0) is 13.6. The first-order valence-electron chi connectivity index (χ1n) is 6.79. The van der Waals surface area contributed by atoms with Gasteiger partial charge in [-0.05, 0) is 29.5 Å². The van der Waals surface area contributed by atoms with Crippen LogP contribution in [-0.2, 0) is 4.79 Å². The van der Waals surface area contributed by atoms with Crippen LogP contribution in [0.1, 0.15) is 38.3 Å². The predicted molar refractivity (Wildman–Crippen MR) is 72.4 cm³/mol. The van der Waals surface area contributed by atoms with E-state index in [0.717, 1.165) is 12.0 Å². The molecule has 1 aromatic carbocycles. The first-order chi connectivity index (χ1) is 8.96. The molecule has 1 heterocycles. The summed E-state index contributed by atoms with van der Waals surface area (Å²) in [5.41, 5.74) is 7.65. The van der Waals surface area contributed by atoms with Crippen LogP contribution in [0.5, 0.6) is 5.75 Å². The van der Waals surface area contributed by atoms with E-state index < -0.39 is 0 Å². The van der Waals surface area contributed by atoms with Crippen molar-refractivity contribution in [3.63, 3.8) is 0 Å². The van der Waals surface area contributed by atoms with E-state index >= 15 is 0 Å². The summed E-state index contributed by atoms with van der Waals surface area (Å²) in [6, 6.07) is 7.31. The Bertz CT molecular complexity index is 495. The van der Waals surface area contributed by atoms with Gasteiger partial charge in [-0.25, -0.2) is 5.43 Å². The van der Waals surface area contributed by atoms with Crippen molar-refractivity contribution in [2.75, 3.05) is 0 Å². The molecule has 19 heavy (non-hydrogen) atoms. The van der Waals surface area contributed by atoms with Crippen molar-refractivity contribution in [3.05, 3.63) is 29.8 Å². The largest absolute Gasteiger partial charge is 0.508 e. The minimum absolute atomic E-state index is 0.00225. The molecule has 0 amide bonds. The average molecular weight is 260 g/mol. The van der Waals surface area contributed by atoms with Crippen LogP contribution in [0.3, 0.4) is 0 Å². The van der Waals surface area contributed by atoms with Gasteiger partial charge in [0.25, 0.3) is 0 Å². The van der Waals surface area contributed by atoms with Crippen molar-refractivity contribution in [1.29, 1.82) is 0 Å². The molecule has 2 fully saturated rings. The first kappa shape index (κ1) is 12.6. The van der Waals surface area contributed by atoms with Crippen LogP contribution in [0.25, 0.3) is 0 Å². The molecular weight excluding hydrogens is 240 g/mol. The van der Waals surface area contributed by atoms with E-state index in [1.807, 2.05) is 12.1 Å². The number of carbonyl (C=O) groups excluding carboxylic acids is 1. The van der Waals surface area contributed by atoms with E-state index in [1.165, 1.54) is 0 Å². The Balaban J connectivity index is 1.87. The monoisotopic (exact) mass is 260 g/mol. The van der Waals surface area contributed by atoms with Crippen LogP contribution < -0.4 is 10.9 Å². The molecule has 0 aromatic heterocycles. The Morgan fingerprint density at radius 3 is 2.58 bits per heavy atom. The van der Waals surface area contributed by atoms with Gasteiger partial charge >= 0.3 is 0 Å². The SMILES string of the molecule is CC1(C)CC(=O)C2C(C1)NNC2c1ccc(O)cc1. The van der Waals surface area contributed by atoms with Gasteiger partial charge in [0.2, 0.25) is 0 Å². The Kier molecular flexibility index (Phi) is 2.87. The summed E-state index contributed by atoms with van der Waals surface area (Å²) in [5.74, 6) is 0.580. The molecule has 4 nitrogen and oxygen atoms in total. The second-order valence-electron chi connectivity index (χ2n) is 6.50. The van der Waals surface area contributed by atoms with Crippen molar-refractivity contribution >= 4 is 5.78 Å². The van der Waals surface area contributed by atoms with Crippen LogP contribution >= 0.6 is 0 Å². The number of hydrogen-bond donors (Lipinski definition) is 3. The molecule has 1 aromatic rings.